The van der Waals surface area contributed by atoms with Crippen LogP contribution in [0.1, 0.15) is 28.9 Å². The van der Waals surface area contributed by atoms with Crippen molar-refractivity contribution in [1.82, 2.24) is 9.55 Å². The van der Waals surface area contributed by atoms with Gasteiger partial charge in [-0.25, -0.2) is 9.78 Å². The van der Waals surface area contributed by atoms with E-state index in [0.29, 0.717) is 11.5 Å². The Bertz CT molecular complexity index is 687. The fourth-order valence-electron chi connectivity index (χ4n) is 2.07. The summed E-state index contributed by atoms with van der Waals surface area (Å²) >= 11 is 0. The molecule has 0 bridgehead atoms. The quantitative estimate of drug-likeness (QED) is 0.365. The number of hydrogen-bond donors (Lipinski definition) is 0. The first-order valence-electron chi connectivity index (χ1n) is 6.50. The predicted octanol–water partition coefficient (Wildman–Crippen LogP) is 3.17. The number of esters is 1. The second-order valence-corrected chi connectivity index (χ2v) is 4.24. The summed E-state index contributed by atoms with van der Waals surface area (Å²) in [4.78, 5) is 18.9. The zero-order chi connectivity index (χ0) is 15.2. The average Bonchev–Trinajstić information content (AvgIpc) is 2.83. The van der Waals surface area contributed by atoms with Crippen molar-refractivity contribution in [2.24, 2.45) is 5.11 Å². The first kappa shape index (κ1) is 14.6. The van der Waals surface area contributed by atoms with Crippen molar-refractivity contribution >= 4 is 5.97 Å². The number of para-hydroxylation sites is 1. The van der Waals surface area contributed by atoms with Gasteiger partial charge in [0, 0.05) is 10.6 Å². The molecule has 1 aromatic carbocycles. The van der Waals surface area contributed by atoms with Gasteiger partial charge in [0.2, 0.25) is 0 Å². The summed E-state index contributed by atoms with van der Waals surface area (Å²) in [6.45, 7) is 3.86. The van der Waals surface area contributed by atoms with Crippen molar-refractivity contribution < 1.29 is 9.53 Å². The highest BCUT2D eigenvalue weighted by molar-refractivity contribution is 5.88. The van der Waals surface area contributed by atoms with E-state index in [4.69, 9.17) is 10.3 Å². The zero-order valence-corrected chi connectivity index (χ0v) is 11.9. The molecule has 0 saturated heterocycles. The molecular formula is C14H15N5O2. The molecule has 0 spiro atoms. The Hall–Kier alpha value is -2.79. The summed E-state index contributed by atoms with van der Waals surface area (Å²) in [5.41, 5.74) is 10.2. The molecule has 7 heteroatoms. The van der Waals surface area contributed by atoms with Crippen molar-refractivity contribution in [3.05, 3.63) is 58.0 Å². The summed E-state index contributed by atoms with van der Waals surface area (Å²) in [7, 11) is 0. The smallest absolute Gasteiger partial charge is 0.358 e. The molecule has 7 nitrogen and oxygen atoms in total. The molecule has 0 atom stereocenters. The van der Waals surface area contributed by atoms with E-state index in [2.05, 4.69) is 15.0 Å². The Morgan fingerprint density at radius 2 is 2.14 bits per heavy atom. The van der Waals surface area contributed by atoms with Crippen molar-refractivity contribution in [3.63, 3.8) is 0 Å². The normalized spacial score (nSPS) is 10.0. The van der Waals surface area contributed by atoms with Crippen LogP contribution in [0.3, 0.4) is 0 Å². The molecule has 2 rings (SSSR count). The number of carbonyl (C=O) groups is 1. The highest BCUT2D eigenvalue weighted by Crippen LogP contribution is 2.19. The summed E-state index contributed by atoms with van der Waals surface area (Å²) in [5.74, 6) is 0.0198. The number of imidazole rings is 1. The monoisotopic (exact) mass is 285 g/mol. The third-order valence-corrected chi connectivity index (χ3v) is 2.94. The highest BCUT2D eigenvalue weighted by atomic mass is 16.5. The molecule has 1 heterocycles. The third kappa shape index (κ3) is 3.04. The van der Waals surface area contributed by atoms with Crippen LogP contribution < -0.4 is 0 Å². The number of ether oxygens (including phenoxy) is 1. The lowest BCUT2D eigenvalue weighted by atomic mass is 10.3. The molecule has 0 saturated carbocycles. The molecule has 0 fully saturated rings. The molecule has 0 aliphatic carbocycles. The summed E-state index contributed by atoms with van der Waals surface area (Å²) < 4.78 is 6.79. The molecule has 0 unspecified atom stereocenters. The topological polar surface area (TPSA) is 92.9 Å². The molecule has 2 aromatic rings. The van der Waals surface area contributed by atoms with E-state index in [9.17, 15) is 4.79 Å². The molecular weight excluding hydrogens is 270 g/mol. The van der Waals surface area contributed by atoms with E-state index in [1.54, 1.807) is 18.4 Å². The maximum atomic E-state index is 11.9. The second-order valence-electron chi connectivity index (χ2n) is 4.24. The van der Waals surface area contributed by atoms with E-state index >= 15 is 0 Å². The van der Waals surface area contributed by atoms with Gasteiger partial charge in [0.25, 0.3) is 0 Å². The van der Waals surface area contributed by atoms with E-state index < -0.39 is 5.97 Å². The number of aromatic nitrogens is 2. The molecule has 108 valence electrons. The average molecular weight is 285 g/mol. The third-order valence-electron chi connectivity index (χ3n) is 2.94. The van der Waals surface area contributed by atoms with Gasteiger partial charge in [-0.15, -0.1) is 0 Å². The van der Waals surface area contributed by atoms with E-state index in [0.717, 1.165) is 5.69 Å². The second kappa shape index (κ2) is 6.58. The van der Waals surface area contributed by atoms with Gasteiger partial charge in [0.1, 0.15) is 5.82 Å². The lowest BCUT2D eigenvalue weighted by molar-refractivity contribution is 0.0519. The van der Waals surface area contributed by atoms with Gasteiger partial charge in [0.05, 0.1) is 18.8 Å². The van der Waals surface area contributed by atoms with Gasteiger partial charge < -0.3 is 4.74 Å². The largest absolute Gasteiger partial charge is 0.461 e. The molecule has 0 radical (unpaired) electrons. The van der Waals surface area contributed by atoms with Crippen LogP contribution >= 0.6 is 0 Å². The number of carbonyl (C=O) groups excluding carboxylic acids is 1. The minimum atomic E-state index is -0.480. The van der Waals surface area contributed by atoms with Crippen LogP contribution in [0, 0.1) is 6.92 Å². The lowest BCUT2D eigenvalue weighted by Crippen LogP contribution is -2.07. The molecule has 1 aromatic heterocycles. The Kier molecular flexibility index (Phi) is 4.58. The fourth-order valence-corrected chi connectivity index (χ4v) is 2.07. The van der Waals surface area contributed by atoms with Crippen molar-refractivity contribution in [2.75, 3.05) is 6.61 Å². The Labute approximate surface area is 121 Å². The minimum Gasteiger partial charge on any atom is -0.461 e. The van der Waals surface area contributed by atoms with E-state index in [1.165, 1.54) is 0 Å². The maximum Gasteiger partial charge on any atom is 0.358 e. The van der Waals surface area contributed by atoms with Crippen molar-refractivity contribution in [3.8, 4) is 5.69 Å². The summed E-state index contributed by atoms with van der Waals surface area (Å²) in [6.07, 6.45) is 0. The Morgan fingerprint density at radius 3 is 2.76 bits per heavy atom. The van der Waals surface area contributed by atoms with Crippen LogP contribution in [0.5, 0.6) is 0 Å². The van der Waals surface area contributed by atoms with Gasteiger partial charge in [-0.05, 0) is 31.5 Å². The number of hydrogen-bond acceptors (Lipinski definition) is 4. The number of azide groups is 1. The fraction of sp³-hybridized carbons (Fsp3) is 0.286. The van der Waals surface area contributed by atoms with E-state index in [-0.39, 0.29) is 18.8 Å². The van der Waals surface area contributed by atoms with Crippen LogP contribution in [0.4, 0.5) is 0 Å². The number of nitrogens with zero attached hydrogens (tertiary/aromatic N) is 5. The lowest BCUT2D eigenvalue weighted by Gasteiger charge is -2.08. The van der Waals surface area contributed by atoms with Crippen molar-refractivity contribution in [2.45, 2.75) is 20.4 Å². The van der Waals surface area contributed by atoms with Crippen LogP contribution in [-0.2, 0) is 11.3 Å². The van der Waals surface area contributed by atoms with Crippen LogP contribution in [0.15, 0.2) is 35.4 Å². The minimum absolute atomic E-state index is 0.0612. The van der Waals surface area contributed by atoms with Crippen LogP contribution in [-0.4, -0.2) is 22.1 Å². The zero-order valence-electron chi connectivity index (χ0n) is 11.9. The Morgan fingerprint density at radius 1 is 1.43 bits per heavy atom. The van der Waals surface area contributed by atoms with Gasteiger partial charge in [-0.3, -0.25) is 4.57 Å². The van der Waals surface area contributed by atoms with Crippen LogP contribution in [0.2, 0.25) is 0 Å². The molecule has 0 amide bonds. The van der Waals surface area contributed by atoms with Gasteiger partial charge in [0.15, 0.2) is 5.69 Å². The van der Waals surface area contributed by atoms with Crippen molar-refractivity contribution in [1.29, 1.82) is 0 Å². The molecule has 0 aliphatic heterocycles. The highest BCUT2D eigenvalue weighted by Gasteiger charge is 2.20. The van der Waals surface area contributed by atoms with Gasteiger partial charge in [-0.1, -0.05) is 23.3 Å². The SMILES string of the molecule is CCOC(=O)c1nc(CN=[N+]=[N-])n(-c2ccccc2)c1C. The predicted molar refractivity (Wildman–Crippen MR) is 77.1 cm³/mol. The first-order chi connectivity index (χ1) is 10.2. The Balaban J connectivity index is 2.55. The molecule has 21 heavy (non-hydrogen) atoms. The molecule has 0 N–H and O–H groups in total. The summed E-state index contributed by atoms with van der Waals surface area (Å²) in [5, 5.41) is 3.53. The maximum absolute atomic E-state index is 11.9. The summed E-state index contributed by atoms with van der Waals surface area (Å²) in [6, 6.07) is 9.45. The number of benzene rings is 1. The van der Waals surface area contributed by atoms with E-state index in [1.807, 2.05) is 30.3 Å². The molecule has 0 aliphatic rings. The first-order valence-corrected chi connectivity index (χ1v) is 6.50. The number of rotatable bonds is 5. The van der Waals surface area contributed by atoms with Gasteiger partial charge >= 0.3 is 5.97 Å². The van der Waals surface area contributed by atoms with Crippen LogP contribution in [0.25, 0.3) is 16.1 Å². The standard InChI is InChI=1S/C14H15N5O2/c1-3-21-14(20)13-10(2)19(11-7-5-4-6-8-11)12(17-13)9-16-18-15/h4-8H,3,9H2,1-2H3. The van der Waals surface area contributed by atoms with Gasteiger partial charge in [-0.2, -0.15) is 0 Å².